The van der Waals surface area contributed by atoms with E-state index in [-0.39, 0.29) is 12.0 Å². The lowest BCUT2D eigenvalue weighted by Crippen LogP contribution is -2.50. The lowest BCUT2D eigenvalue weighted by molar-refractivity contribution is -0.132. The summed E-state index contributed by atoms with van der Waals surface area (Å²) >= 11 is 0. The van der Waals surface area contributed by atoms with Gasteiger partial charge in [0.25, 0.3) is 0 Å². The number of piperazine rings is 1. The highest BCUT2D eigenvalue weighted by Gasteiger charge is 2.24. The van der Waals surface area contributed by atoms with E-state index in [1.54, 1.807) is 18.0 Å². The van der Waals surface area contributed by atoms with Gasteiger partial charge < -0.3 is 19.5 Å². The van der Waals surface area contributed by atoms with Gasteiger partial charge in [-0.05, 0) is 43.5 Å². The first kappa shape index (κ1) is 20.9. The Balaban J connectivity index is 1.38. The van der Waals surface area contributed by atoms with E-state index in [1.807, 2.05) is 35.2 Å². The molecule has 2 aromatic heterocycles. The molecule has 1 saturated heterocycles. The van der Waals surface area contributed by atoms with Crippen molar-refractivity contribution in [3.63, 3.8) is 0 Å². The van der Waals surface area contributed by atoms with E-state index >= 15 is 0 Å². The van der Waals surface area contributed by atoms with E-state index in [4.69, 9.17) is 4.74 Å². The first-order chi connectivity index (χ1) is 15.2. The Morgan fingerprint density at radius 3 is 2.52 bits per heavy atom. The third kappa shape index (κ3) is 4.71. The van der Waals surface area contributed by atoms with Crippen LogP contribution in [0.5, 0.6) is 0 Å². The number of amides is 2. The van der Waals surface area contributed by atoms with E-state index in [9.17, 15) is 9.59 Å². The monoisotopic (exact) mass is 420 g/mol. The Morgan fingerprint density at radius 2 is 1.77 bits per heavy atom. The number of nitrogens with zero attached hydrogens (tertiary/aromatic N) is 3. The molecule has 1 aliphatic heterocycles. The van der Waals surface area contributed by atoms with Gasteiger partial charge in [0.2, 0.25) is 5.91 Å². The molecular weight excluding hydrogens is 392 g/mol. The fourth-order valence-electron chi connectivity index (χ4n) is 4.12. The van der Waals surface area contributed by atoms with Crippen LogP contribution in [0.1, 0.15) is 25.3 Å². The number of pyridine rings is 1. The minimum absolute atomic E-state index is 0.141. The number of hydrogen-bond acceptors (Lipinski definition) is 4. The second kappa shape index (κ2) is 9.64. The molecule has 1 N–H and O–H groups in total. The summed E-state index contributed by atoms with van der Waals surface area (Å²) in [5.41, 5.74) is 4.22. The Labute approximate surface area is 182 Å². The number of nitrogens with one attached hydrogen (secondary N) is 1. The Bertz CT molecular complexity index is 1040. The molecule has 162 valence electrons. The van der Waals surface area contributed by atoms with Gasteiger partial charge in [-0.2, -0.15) is 0 Å². The van der Waals surface area contributed by atoms with Crippen LogP contribution in [0.4, 0.5) is 4.79 Å². The predicted molar refractivity (Wildman–Crippen MR) is 120 cm³/mol. The molecule has 0 aliphatic carbocycles. The minimum atomic E-state index is -0.295. The minimum Gasteiger partial charge on any atom is -0.450 e. The number of aromatic nitrogens is 2. The standard InChI is InChI=1S/C24H28N4O3/c1-2-31-24(30)28-16-14-27(15-17-28)22(29)12-7-9-19-18-8-3-4-10-20(18)26-23(19)21-11-5-6-13-25-21/h3-6,8,10-11,13,26H,2,7,9,12,14-17H2,1H3. The number of para-hydroxylation sites is 1. The van der Waals surface area contributed by atoms with Crippen molar-refractivity contribution in [3.05, 3.63) is 54.2 Å². The van der Waals surface area contributed by atoms with Gasteiger partial charge in [-0.25, -0.2) is 4.79 Å². The second-order valence-electron chi connectivity index (χ2n) is 7.66. The summed E-state index contributed by atoms with van der Waals surface area (Å²) in [6.45, 7) is 4.33. The maximum Gasteiger partial charge on any atom is 0.409 e. The zero-order chi connectivity index (χ0) is 21.6. The normalized spacial score (nSPS) is 14.1. The molecule has 7 heteroatoms. The first-order valence-electron chi connectivity index (χ1n) is 10.9. The number of H-pyrrole nitrogens is 1. The highest BCUT2D eigenvalue weighted by atomic mass is 16.6. The van der Waals surface area contributed by atoms with E-state index in [1.165, 1.54) is 10.9 Å². The van der Waals surface area contributed by atoms with Crippen molar-refractivity contribution in [1.29, 1.82) is 0 Å². The maximum atomic E-state index is 12.7. The Hall–Kier alpha value is -3.35. The van der Waals surface area contributed by atoms with Crippen molar-refractivity contribution < 1.29 is 14.3 Å². The average molecular weight is 421 g/mol. The number of carbonyl (C=O) groups is 2. The predicted octanol–water partition coefficient (Wildman–Crippen LogP) is 3.85. The third-order valence-corrected chi connectivity index (χ3v) is 5.71. The lowest BCUT2D eigenvalue weighted by Gasteiger charge is -2.34. The van der Waals surface area contributed by atoms with Crippen molar-refractivity contribution in [2.75, 3.05) is 32.8 Å². The molecule has 1 aliphatic rings. The van der Waals surface area contributed by atoms with E-state index in [0.29, 0.717) is 39.2 Å². The van der Waals surface area contributed by atoms with Crippen molar-refractivity contribution in [2.45, 2.75) is 26.2 Å². The van der Waals surface area contributed by atoms with Crippen LogP contribution in [0.2, 0.25) is 0 Å². The molecule has 1 fully saturated rings. The quantitative estimate of drug-likeness (QED) is 0.657. The number of carbonyl (C=O) groups excluding carboxylic acids is 2. The number of aryl methyl sites for hydroxylation is 1. The molecule has 31 heavy (non-hydrogen) atoms. The molecule has 0 saturated carbocycles. The van der Waals surface area contributed by atoms with E-state index in [0.717, 1.165) is 29.7 Å². The first-order valence-corrected chi connectivity index (χ1v) is 10.9. The van der Waals surface area contributed by atoms with Crippen LogP contribution in [0, 0.1) is 0 Å². The molecule has 4 rings (SSSR count). The van der Waals surface area contributed by atoms with Crippen LogP contribution in [0.15, 0.2) is 48.7 Å². The molecule has 2 amide bonds. The zero-order valence-electron chi connectivity index (χ0n) is 17.8. The summed E-state index contributed by atoms with van der Waals surface area (Å²) < 4.78 is 5.04. The maximum absolute atomic E-state index is 12.7. The van der Waals surface area contributed by atoms with Crippen LogP contribution >= 0.6 is 0 Å². The summed E-state index contributed by atoms with van der Waals surface area (Å²) in [6.07, 6.45) is 3.55. The van der Waals surface area contributed by atoms with Gasteiger partial charge in [0.1, 0.15) is 0 Å². The van der Waals surface area contributed by atoms with Crippen molar-refractivity contribution in [2.24, 2.45) is 0 Å². The Kier molecular flexibility index (Phi) is 6.50. The third-order valence-electron chi connectivity index (χ3n) is 5.71. The number of ether oxygens (including phenoxy) is 1. The van der Waals surface area contributed by atoms with E-state index < -0.39 is 0 Å². The largest absolute Gasteiger partial charge is 0.450 e. The number of aromatic amines is 1. The fourth-order valence-corrected chi connectivity index (χ4v) is 4.12. The van der Waals surface area contributed by atoms with Gasteiger partial charge in [-0.1, -0.05) is 24.3 Å². The van der Waals surface area contributed by atoms with Crippen LogP contribution in [-0.2, 0) is 16.0 Å². The molecule has 1 aromatic carbocycles. The smallest absolute Gasteiger partial charge is 0.409 e. The highest BCUT2D eigenvalue weighted by molar-refractivity contribution is 5.90. The zero-order valence-corrected chi connectivity index (χ0v) is 17.8. The van der Waals surface area contributed by atoms with Gasteiger partial charge in [-0.3, -0.25) is 9.78 Å². The summed E-state index contributed by atoms with van der Waals surface area (Å²) in [6, 6.07) is 14.1. The topological polar surface area (TPSA) is 78.5 Å². The molecule has 0 spiro atoms. The van der Waals surface area contributed by atoms with Crippen LogP contribution in [0.3, 0.4) is 0 Å². The lowest BCUT2D eigenvalue weighted by atomic mass is 10.0. The number of fused-ring (bicyclic) bond motifs is 1. The summed E-state index contributed by atoms with van der Waals surface area (Å²) in [5, 5.41) is 1.18. The molecule has 7 nitrogen and oxygen atoms in total. The van der Waals surface area contributed by atoms with Crippen molar-refractivity contribution in [3.8, 4) is 11.4 Å². The molecule has 0 unspecified atom stereocenters. The van der Waals surface area contributed by atoms with Gasteiger partial charge in [0.15, 0.2) is 0 Å². The molecule has 3 heterocycles. The molecule has 3 aromatic rings. The van der Waals surface area contributed by atoms with Gasteiger partial charge in [-0.15, -0.1) is 0 Å². The second-order valence-corrected chi connectivity index (χ2v) is 7.66. The fraction of sp³-hybridized carbons (Fsp3) is 0.375. The van der Waals surface area contributed by atoms with Gasteiger partial charge in [0.05, 0.1) is 18.0 Å². The number of rotatable bonds is 6. The number of hydrogen-bond donors (Lipinski definition) is 1. The average Bonchev–Trinajstić information content (AvgIpc) is 3.18. The van der Waals surface area contributed by atoms with Crippen LogP contribution in [0.25, 0.3) is 22.3 Å². The highest BCUT2D eigenvalue weighted by Crippen LogP contribution is 2.30. The van der Waals surface area contributed by atoms with Crippen LogP contribution < -0.4 is 0 Å². The summed E-state index contributed by atoms with van der Waals surface area (Å²) in [5.74, 6) is 0.141. The van der Waals surface area contributed by atoms with Gasteiger partial charge in [0, 0.05) is 49.7 Å². The van der Waals surface area contributed by atoms with Crippen LogP contribution in [-0.4, -0.2) is 64.6 Å². The van der Waals surface area contributed by atoms with Crippen molar-refractivity contribution >= 4 is 22.9 Å². The molecule has 0 radical (unpaired) electrons. The molecular formula is C24H28N4O3. The number of benzene rings is 1. The summed E-state index contributed by atoms with van der Waals surface area (Å²) in [4.78, 5) is 36.1. The molecule has 0 atom stereocenters. The van der Waals surface area contributed by atoms with E-state index in [2.05, 4.69) is 22.1 Å². The van der Waals surface area contributed by atoms with Crippen molar-refractivity contribution in [1.82, 2.24) is 19.8 Å². The van der Waals surface area contributed by atoms with Gasteiger partial charge >= 0.3 is 6.09 Å². The Morgan fingerprint density at radius 1 is 1.03 bits per heavy atom. The summed E-state index contributed by atoms with van der Waals surface area (Å²) in [7, 11) is 0. The SMILES string of the molecule is CCOC(=O)N1CCN(C(=O)CCCc2c(-c3ccccn3)[nH]c3ccccc23)CC1. The molecule has 0 bridgehead atoms.